The third kappa shape index (κ3) is 6.87. The maximum absolute atomic E-state index is 9.45. The van der Waals surface area contributed by atoms with Gasteiger partial charge in [0, 0.05) is 16.8 Å². The van der Waals surface area contributed by atoms with Crippen molar-refractivity contribution < 1.29 is 21.1 Å². The number of rotatable bonds is 12. The molecule has 0 aliphatic rings. The van der Waals surface area contributed by atoms with Gasteiger partial charge in [0.15, 0.2) is 0 Å². The normalized spacial score (nSPS) is 14.1. The Hall–Kier alpha value is -3.61. The van der Waals surface area contributed by atoms with Crippen LogP contribution < -0.4 is 0 Å². The van der Waals surface area contributed by atoms with Crippen molar-refractivity contribution in [1.29, 1.82) is 5.26 Å². The monoisotopic (exact) mass is 769 g/mol. The Labute approximate surface area is 277 Å². The van der Waals surface area contributed by atoms with E-state index in [4.69, 9.17) is 16.5 Å². The first-order valence-corrected chi connectivity index (χ1v) is 15.4. The minimum atomic E-state index is -0.586. The number of hydrogen-bond donors (Lipinski definition) is 0. The minimum absolute atomic E-state index is 0. The summed E-state index contributed by atoms with van der Waals surface area (Å²) in [6.45, 7) is 25.0. The van der Waals surface area contributed by atoms with E-state index < -0.39 is 5.41 Å². The number of aromatic nitrogens is 6. The molecule has 4 aromatic heterocycles. The fraction of sp³-hybridized carbons (Fsp3) is 0.486. The van der Waals surface area contributed by atoms with Crippen molar-refractivity contribution in [3.05, 3.63) is 88.4 Å². The van der Waals surface area contributed by atoms with Crippen molar-refractivity contribution in [3.63, 3.8) is 0 Å². The Morgan fingerprint density at radius 2 is 1.30 bits per heavy atom. The third-order valence-corrected chi connectivity index (χ3v) is 9.11. The first kappa shape index (κ1) is 34.9. The minimum Gasteiger partial charge on any atom is -0.342 e. The van der Waals surface area contributed by atoms with E-state index >= 15 is 0 Å². The molecule has 4 heterocycles. The van der Waals surface area contributed by atoms with Gasteiger partial charge in [-0.25, -0.2) is 15.0 Å². The van der Waals surface area contributed by atoms with Crippen LogP contribution in [0, 0.1) is 42.1 Å². The second kappa shape index (κ2) is 14.9. The van der Waals surface area contributed by atoms with Crippen LogP contribution in [0.25, 0.3) is 16.5 Å². The summed E-state index contributed by atoms with van der Waals surface area (Å²) in [4.78, 5) is 13.9. The summed E-state index contributed by atoms with van der Waals surface area (Å²) in [5.74, 6) is 3.17. The number of hydrogen-bond acceptors (Lipinski definition) is 5. The van der Waals surface area contributed by atoms with Crippen molar-refractivity contribution in [3.8, 4) is 17.7 Å². The van der Waals surface area contributed by atoms with Gasteiger partial charge < -0.3 is 9.53 Å². The van der Waals surface area contributed by atoms with Crippen molar-refractivity contribution >= 4 is 5.82 Å². The second-order valence-electron chi connectivity index (χ2n) is 12.0. The molecular formula is C35H42N8Pt. The van der Waals surface area contributed by atoms with Crippen molar-refractivity contribution in [1.82, 2.24) is 29.5 Å². The quantitative estimate of drug-likeness (QED) is 0.136. The predicted molar refractivity (Wildman–Crippen MR) is 168 cm³/mol. The maximum atomic E-state index is 9.45. The van der Waals surface area contributed by atoms with E-state index in [0.29, 0.717) is 35.1 Å². The number of nitriles is 1. The van der Waals surface area contributed by atoms with Crippen LogP contribution in [-0.2, 0) is 26.5 Å². The topological polar surface area (TPSA) is 89.6 Å². The average molecular weight is 770 g/mol. The van der Waals surface area contributed by atoms with Gasteiger partial charge in [0.05, 0.1) is 23.4 Å². The molecule has 4 atom stereocenters. The van der Waals surface area contributed by atoms with Gasteiger partial charge in [0.2, 0.25) is 0 Å². The maximum Gasteiger partial charge on any atom is 2.00 e. The van der Waals surface area contributed by atoms with Gasteiger partial charge in [-0.3, -0.25) is 9.97 Å². The first-order chi connectivity index (χ1) is 20.6. The smallest absolute Gasteiger partial charge is 0.342 e. The summed E-state index contributed by atoms with van der Waals surface area (Å²) in [5, 5.41) is 18.4. The molecular weight excluding hydrogens is 728 g/mol. The summed E-state index contributed by atoms with van der Waals surface area (Å²) in [6, 6.07) is 13.8. The molecule has 9 heteroatoms. The summed E-state index contributed by atoms with van der Waals surface area (Å²) >= 11 is 0. The molecule has 0 radical (unpaired) electrons. The zero-order valence-electron chi connectivity index (χ0n) is 27.0. The molecule has 0 fully saturated rings. The molecule has 0 spiro atoms. The van der Waals surface area contributed by atoms with Crippen LogP contribution >= 0.6 is 0 Å². The molecule has 4 aromatic rings. The van der Waals surface area contributed by atoms with Crippen molar-refractivity contribution in [2.45, 2.75) is 98.3 Å². The van der Waals surface area contributed by atoms with E-state index in [9.17, 15) is 5.26 Å². The number of pyridine rings is 2. The van der Waals surface area contributed by atoms with E-state index in [1.165, 1.54) is 0 Å². The molecule has 0 aliphatic carbocycles. The van der Waals surface area contributed by atoms with Crippen LogP contribution in [0.4, 0.5) is 5.82 Å². The molecule has 0 bridgehead atoms. The van der Waals surface area contributed by atoms with Gasteiger partial charge in [0.25, 0.3) is 0 Å². The Balaban J connectivity index is 0.00000529. The summed E-state index contributed by atoms with van der Waals surface area (Å²) in [7, 11) is 0. The van der Waals surface area contributed by atoms with Gasteiger partial charge in [-0.05, 0) is 79.9 Å². The average Bonchev–Trinajstić information content (AvgIpc) is 3.72. The van der Waals surface area contributed by atoms with Gasteiger partial charge >= 0.3 is 26.9 Å². The van der Waals surface area contributed by atoms with Gasteiger partial charge in [0.1, 0.15) is 0 Å². The van der Waals surface area contributed by atoms with Crippen LogP contribution in [0.15, 0.2) is 36.4 Å². The molecule has 0 aliphatic heterocycles. The van der Waals surface area contributed by atoms with E-state index in [1.54, 1.807) is 21.5 Å². The van der Waals surface area contributed by atoms with Crippen LogP contribution in [-0.4, -0.2) is 29.5 Å². The first-order valence-electron chi connectivity index (χ1n) is 15.4. The molecule has 0 saturated heterocycles. The molecule has 0 N–H and O–H groups in total. The second-order valence-corrected chi connectivity index (χ2v) is 12.0. The van der Waals surface area contributed by atoms with E-state index in [-0.39, 0.29) is 32.8 Å². The molecule has 4 unspecified atom stereocenters. The van der Waals surface area contributed by atoms with Crippen LogP contribution in [0.1, 0.15) is 121 Å². The summed E-state index contributed by atoms with van der Waals surface area (Å²) in [5.41, 5.74) is 3.58. The summed E-state index contributed by atoms with van der Waals surface area (Å²) in [6.07, 6.45) is 10.3. The van der Waals surface area contributed by atoms with Gasteiger partial charge in [-0.2, -0.15) is 0 Å². The van der Waals surface area contributed by atoms with Crippen molar-refractivity contribution in [2.24, 2.45) is 11.8 Å². The van der Waals surface area contributed by atoms with E-state index in [1.807, 2.05) is 0 Å². The van der Waals surface area contributed by atoms with Crippen LogP contribution in [0.5, 0.6) is 0 Å². The Kier molecular flexibility index (Phi) is 11.8. The van der Waals surface area contributed by atoms with Crippen LogP contribution in [0.3, 0.4) is 0 Å². The molecule has 8 nitrogen and oxygen atoms in total. The standard InChI is InChI=1S/C35H42N8.Pt/c1-10-23(5)26(12-3)28-14-16-30(38-33(28)42-20-18-25(22-36)40-42)35(7,8)31-17-15-29(27(13-4)24(6)11-2)34(39-31)43-21-19-32(37-9)41-43;/h14-19,23-24,26-27H,10-13H2,1-8H3;/q-2;+2. The predicted octanol–water partition coefficient (Wildman–Crippen LogP) is 8.27. The Morgan fingerprint density at radius 3 is 1.68 bits per heavy atom. The van der Waals surface area contributed by atoms with Gasteiger partial charge in [-0.15, -0.1) is 6.07 Å². The molecule has 4 rings (SSSR count). The fourth-order valence-electron chi connectivity index (χ4n) is 5.98. The largest absolute Gasteiger partial charge is 2.00 e. The summed E-state index contributed by atoms with van der Waals surface area (Å²) < 4.78 is 3.23. The van der Waals surface area contributed by atoms with Crippen LogP contribution in [0.2, 0.25) is 0 Å². The zero-order valence-corrected chi connectivity index (χ0v) is 29.3. The van der Waals surface area contributed by atoms with E-state index in [2.05, 4.69) is 113 Å². The fourth-order valence-corrected chi connectivity index (χ4v) is 5.98. The van der Waals surface area contributed by atoms with Crippen molar-refractivity contribution in [2.75, 3.05) is 0 Å². The Bertz CT molecular complexity index is 1520. The molecule has 0 aromatic carbocycles. The molecule has 0 saturated carbocycles. The SMILES string of the molecule is [C-]#[N+]c1c[c-]n(-c2nc(C(C)(C)c3ccc(C(CC)C(C)CC)c(-n4[c-]cc(C#N)n4)n3)ccc2C(CC)C(C)CC)n1.[Pt+2]. The number of nitrogens with zero attached hydrogens (tertiary/aromatic N) is 8. The Morgan fingerprint density at radius 1 is 0.818 bits per heavy atom. The molecule has 232 valence electrons. The van der Waals surface area contributed by atoms with E-state index in [0.717, 1.165) is 48.2 Å². The zero-order chi connectivity index (χ0) is 31.3. The molecule has 0 amide bonds. The molecule has 44 heavy (non-hydrogen) atoms. The van der Waals surface area contributed by atoms with Gasteiger partial charge in [-0.1, -0.05) is 90.4 Å². The third-order valence-electron chi connectivity index (χ3n) is 9.11.